The third-order valence-corrected chi connectivity index (χ3v) is 3.85. The smallest absolute Gasteiger partial charge is 0.127 e. The van der Waals surface area contributed by atoms with Crippen molar-refractivity contribution in [1.29, 1.82) is 0 Å². The SMILES string of the molecule is CN(C)c1ccc(C(N)c2cccc3c2OCC3)cc1. The number of fused-ring (bicyclic) bond motifs is 1. The first kappa shape index (κ1) is 13.0. The van der Waals surface area contributed by atoms with E-state index >= 15 is 0 Å². The highest BCUT2D eigenvalue weighted by atomic mass is 16.5. The van der Waals surface area contributed by atoms with Gasteiger partial charge in [-0.25, -0.2) is 0 Å². The van der Waals surface area contributed by atoms with Gasteiger partial charge in [0.2, 0.25) is 0 Å². The van der Waals surface area contributed by atoms with Crippen molar-refractivity contribution < 1.29 is 4.74 Å². The fourth-order valence-electron chi connectivity index (χ4n) is 2.64. The maximum atomic E-state index is 6.42. The number of para-hydroxylation sites is 1. The maximum absolute atomic E-state index is 6.42. The summed E-state index contributed by atoms with van der Waals surface area (Å²) in [4.78, 5) is 2.08. The minimum absolute atomic E-state index is 0.140. The van der Waals surface area contributed by atoms with Crippen LogP contribution in [0.4, 0.5) is 5.69 Å². The Bertz CT molecular complexity index is 605. The lowest BCUT2D eigenvalue weighted by Gasteiger charge is -2.18. The summed E-state index contributed by atoms with van der Waals surface area (Å²) in [6.07, 6.45) is 0.982. The molecular formula is C17H20N2O. The molecule has 0 aliphatic carbocycles. The maximum Gasteiger partial charge on any atom is 0.127 e. The monoisotopic (exact) mass is 268 g/mol. The van der Waals surface area contributed by atoms with E-state index in [1.807, 2.05) is 14.1 Å². The average Bonchev–Trinajstić information content (AvgIpc) is 2.95. The van der Waals surface area contributed by atoms with Crippen molar-refractivity contribution in [3.8, 4) is 5.75 Å². The molecule has 0 fully saturated rings. The third-order valence-electron chi connectivity index (χ3n) is 3.85. The standard InChI is InChI=1S/C17H20N2O/c1-19(2)14-8-6-12(7-9-14)16(18)15-5-3-4-13-10-11-20-17(13)15/h3-9,16H,10-11,18H2,1-2H3. The zero-order valence-electron chi connectivity index (χ0n) is 12.0. The molecule has 2 aromatic rings. The third kappa shape index (κ3) is 2.25. The van der Waals surface area contributed by atoms with Crippen molar-refractivity contribution in [2.24, 2.45) is 5.73 Å². The molecule has 1 heterocycles. The van der Waals surface area contributed by atoms with E-state index in [0.717, 1.165) is 29.9 Å². The Morgan fingerprint density at radius 2 is 1.85 bits per heavy atom. The number of rotatable bonds is 3. The minimum Gasteiger partial charge on any atom is -0.493 e. The van der Waals surface area contributed by atoms with Gasteiger partial charge in [-0.1, -0.05) is 30.3 Å². The van der Waals surface area contributed by atoms with Crippen molar-refractivity contribution in [1.82, 2.24) is 0 Å². The van der Waals surface area contributed by atoms with Crippen LogP contribution in [0.1, 0.15) is 22.7 Å². The van der Waals surface area contributed by atoms with E-state index in [-0.39, 0.29) is 6.04 Å². The number of hydrogen-bond acceptors (Lipinski definition) is 3. The van der Waals surface area contributed by atoms with Gasteiger partial charge in [0, 0.05) is 31.8 Å². The molecule has 0 spiro atoms. The molecule has 1 aliphatic rings. The van der Waals surface area contributed by atoms with E-state index in [4.69, 9.17) is 10.5 Å². The fraction of sp³-hybridized carbons (Fsp3) is 0.294. The summed E-state index contributed by atoms with van der Waals surface area (Å²) in [6.45, 7) is 0.763. The molecule has 0 amide bonds. The molecule has 1 aliphatic heterocycles. The van der Waals surface area contributed by atoms with Crippen LogP contribution in [-0.4, -0.2) is 20.7 Å². The molecule has 3 heteroatoms. The van der Waals surface area contributed by atoms with Gasteiger partial charge < -0.3 is 15.4 Å². The summed E-state index contributed by atoms with van der Waals surface area (Å²) in [6, 6.07) is 14.5. The number of anilines is 1. The molecule has 1 atom stereocenters. The summed E-state index contributed by atoms with van der Waals surface area (Å²) in [5.41, 5.74) is 11.1. The van der Waals surface area contributed by atoms with Crippen LogP contribution in [-0.2, 0) is 6.42 Å². The summed E-state index contributed by atoms with van der Waals surface area (Å²) >= 11 is 0. The second-order valence-corrected chi connectivity index (χ2v) is 5.40. The summed E-state index contributed by atoms with van der Waals surface area (Å²) < 4.78 is 5.75. The topological polar surface area (TPSA) is 38.5 Å². The second-order valence-electron chi connectivity index (χ2n) is 5.40. The minimum atomic E-state index is -0.140. The van der Waals surface area contributed by atoms with E-state index in [9.17, 15) is 0 Å². The normalized spacial score (nSPS) is 14.6. The van der Waals surface area contributed by atoms with Gasteiger partial charge in [-0.15, -0.1) is 0 Å². The highest BCUT2D eigenvalue weighted by Gasteiger charge is 2.20. The molecular weight excluding hydrogens is 248 g/mol. The summed E-state index contributed by atoms with van der Waals surface area (Å²) in [5, 5.41) is 0. The Hall–Kier alpha value is -2.00. The van der Waals surface area contributed by atoms with Gasteiger partial charge in [0.15, 0.2) is 0 Å². The number of hydrogen-bond donors (Lipinski definition) is 1. The Balaban J connectivity index is 1.93. The molecule has 0 saturated carbocycles. The van der Waals surface area contributed by atoms with Crippen molar-refractivity contribution >= 4 is 5.69 Å². The number of nitrogens with two attached hydrogens (primary N) is 1. The van der Waals surface area contributed by atoms with Gasteiger partial charge in [-0.3, -0.25) is 0 Å². The Morgan fingerprint density at radius 3 is 2.55 bits per heavy atom. The Kier molecular flexibility index (Phi) is 3.36. The van der Waals surface area contributed by atoms with Gasteiger partial charge in [-0.05, 0) is 23.3 Å². The molecule has 0 bridgehead atoms. The zero-order chi connectivity index (χ0) is 14.1. The molecule has 0 radical (unpaired) electrons. The van der Waals surface area contributed by atoms with Crippen molar-refractivity contribution in [2.45, 2.75) is 12.5 Å². The number of benzene rings is 2. The largest absolute Gasteiger partial charge is 0.493 e. The van der Waals surface area contributed by atoms with Crippen LogP contribution in [0.3, 0.4) is 0 Å². The van der Waals surface area contributed by atoms with E-state index in [1.54, 1.807) is 0 Å². The van der Waals surface area contributed by atoms with Crippen LogP contribution in [0.15, 0.2) is 42.5 Å². The van der Waals surface area contributed by atoms with Crippen molar-refractivity contribution in [3.05, 3.63) is 59.2 Å². The van der Waals surface area contributed by atoms with Crippen LogP contribution in [0, 0.1) is 0 Å². The fourth-order valence-corrected chi connectivity index (χ4v) is 2.64. The predicted molar refractivity (Wildman–Crippen MR) is 82.4 cm³/mol. The van der Waals surface area contributed by atoms with Gasteiger partial charge in [0.05, 0.1) is 12.6 Å². The molecule has 3 rings (SSSR count). The Morgan fingerprint density at radius 1 is 1.10 bits per heavy atom. The summed E-state index contributed by atoms with van der Waals surface area (Å²) in [7, 11) is 4.07. The lowest BCUT2D eigenvalue weighted by molar-refractivity contribution is 0.352. The van der Waals surface area contributed by atoms with Crippen LogP contribution >= 0.6 is 0 Å². The lowest BCUT2D eigenvalue weighted by Crippen LogP contribution is -2.14. The van der Waals surface area contributed by atoms with Gasteiger partial charge in [0.1, 0.15) is 5.75 Å². The van der Waals surface area contributed by atoms with Crippen LogP contribution in [0.25, 0.3) is 0 Å². The molecule has 2 aromatic carbocycles. The van der Waals surface area contributed by atoms with Crippen molar-refractivity contribution in [3.63, 3.8) is 0 Å². The van der Waals surface area contributed by atoms with E-state index in [0.29, 0.717) is 0 Å². The van der Waals surface area contributed by atoms with Crippen molar-refractivity contribution in [2.75, 3.05) is 25.6 Å². The van der Waals surface area contributed by atoms with Gasteiger partial charge in [0.25, 0.3) is 0 Å². The lowest BCUT2D eigenvalue weighted by atomic mass is 9.96. The van der Waals surface area contributed by atoms with Crippen LogP contribution in [0.5, 0.6) is 5.75 Å². The summed E-state index contributed by atoms with van der Waals surface area (Å²) in [5.74, 6) is 0.983. The molecule has 0 aromatic heterocycles. The van der Waals surface area contributed by atoms with E-state index in [1.165, 1.54) is 11.3 Å². The molecule has 3 nitrogen and oxygen atoms in total. The molecule has 104 valence electrons. The van der Waals surface area contributed by atoms with Gasteiger partial charge in [-0.2, -0.15) is 0 Å². The van der Waals surface area contributed by atoms with Crippen LogP contribution < -0.4 is 15.4 Å². The molecule has 1 unspecified atom stereocenters. The molecule has 2 N–H and O–H groups in total. The molecule has 20 heavy (non-hydrogen) atoms. The molecule has 0 saturated heterocycles. The predicted octanol–water partition coefficient (Wildman–Crippen LogP) is 2.74. The quantitative estimate of drug-likeness (QED) is 0.930. The van der Waals surface area contributed by atoms with Crippen LogP contribution in [0.2, 0.25) is 0 Å². The number of nitrogens with zero attached hydrogens (tertiary/aromatic N) is 1. The van der Waals surface area contributed by atoms with E-state index < -0.39 is 0 Å². The first-order valence-corrected chi connectivity index (χ1v) is 6.94. The number of ether oxygens (including phenoxy) is 1. The highest BCUT2D eigenvalue weighted by Crippen LogP contribution is 2.35. The Labute approximate surface area is 120 Å². The first-order valence-electron chi connectivity index (χ1n) is 6.94. The average molecular weight is 268 g/mol. The second kappa shape index (κ2) is 5.17. The van der Waals surface area contributed by atoms with Gasteiger partial charge >= 0.3 is 0 Å². The van der Waals surface area contributed by atoms with E-state index in [2.05, 4.69) is 47.4 Å². The zero-order valence-corrected chi connectivity index (χ0v) is 12.0. The highest BCUT2D eigenvalue weighted by molar-refractivity contribution is 5.51. The first-order chi connectivity index (χ1) is 9.66.